The van der Waals surface area contributed by atoms with Crippen LogP contribution in [0.2, 0.25) is 0 Å². The van der Waals surface area contributed by atoms with Gasteiger partial charge in [0.2, 0.25) is 0 Å². The van der Waals surface area contributed by atoms with Crippen LogP contribution in [0, 0.1) is 0 Å². The van der Waals surface area contributed by atoms with Crippen LogP contribution in [0.3, 0.4) is 0 Å². The molecule has 9 heteroatoms. The number of sulfonamides is 1. The second kappa shape index (κ2) is 6.64. The minimum Gasteiger partial charge on any atom is -0.478 e. The highest BCUT2D eigenvalue weighted by Gasteiger charge is 2.28. The summed E-state index contributed by atoms with van der Waals surface area (Å²) in [5.74, 6) is -1.35. The number of carboxylic acids is 1. The van der Waals surface area contributed by atoms with Crippen molar-refractivity contribution in [1.29, 1.82) is 0 Å². The topological polar surface area (TPSA) is 124 Å². The number of nitrogens with one attached hydrogen (secondary N) is 1. The van der Waals surface area contributed by atoms with Crippen LogP contribution in [0.1, 0.15) is 29.6 Å². The number of aromatic carboxylic acids is 1. The van der Waals surface area contributed by atoms with Crippen LogP contribution >= 0.6 is 0 Å². The molecule has 19 heavy (non-hydrogen) atoms. The van der Waals surface area contributed by atoms with E-state index in [4.69, 9.17) is 10.2 Å². The van der Waals surface area contributed by atoms with Gasteiger partial charge in [0.25, 0.3) is 10.0 Å². The molecular formula is C10H17N3O5S. The molecule has 0 aliphatic rings. The average Bonchev–Trinajstić information content (AvgIpc) is 2.84. The van der Waals surface area contributed by atoms with Crippen LogP contribution in [-0.2, 0) is 10.0 Å². The summed E-state index contributed by atoms with van der Waals surface area (Å²) in [5, 5.41) is 22.8. The Morgan fingerprint density at radius 2 is 2.11 bits per heavy atom. The normalized spacial score (nSPS) is 11.9. The van der Waals surface area contributed by atoms with Crippen LogP contribution < -0.4 is 0 Å². The fourth-order valence-corrected chi connectivity index (χ4v) is 2.79. The highest BCUT2D eigenvalue weighted by atomic mass is 32.2. The summed E-state index contributed by atoms with van der Waals surface area (Å²) < 4.78 is 25.3. The van der Waals surface area contributed by atoms with Crippen molar-refractivity contribution in [3.8, 4) is 0 Å². The lowest BCUT2D eigenvalue weighted by Gasteiger charge is -2.16. The van der Waals surface area contributed by atoms with Gasteiger partial charge in [-0.2, -0.15) is 9.40 Å². The molecule has 0 spiro atoms. The molecule has 3 N–H and O–H groups in total. The molecule has 0 bridgehead atoms. The third-order valence-corrected chi connectivity index (χ3v) is 4.46. The molecule has 1 aromatic rings. The summed E-state index contributed by atoms with van der Waals surface area (Å²) in [5.41, 5.74) is -0.373. The lowest BCUT2D eigenvalue weighted by molar-refractivity contribution is 0.0692. The molecule has 0 fully saturated rings. The number of hydrogen-bond acceptors (Lipinski definition) is 5. The molecule has 1 aromatic heterocycles. The van der Waals surface area contributed by atoms with Crippen molar-refractivity contribution in [3.63, 3.8) is 0 Å². The molecule has 0 radical (unpaired) electrons. The highest BCUT2D eigenvalue weighted by molar-refractivity contribution is 7.89. The number of H-pyrrole nitrogens is 1. The van der Waals surface area contributed by atoms with Crippen molar-refractivity contribution in [3.05, 3.63) is 11.8 Å². The van der Waals surface area contributed by atoms with Crippen molar-refractivity contribution in [2.45, 2.75) is 24.3 Å². The second-order valence-corrected chi connectivity index (χ2v) is 6.01. The maximum atomic E-state index is 12.1. The molecular weight excluding hydrogens is 274 g/mol. The van der Waals surface area contributed by atoms with E-state index in [-0.39, 0.29) is 18.7 Å². The van der Waals surface area contributed by atoms with Gasteiger partial charge in [-0.05, 0) is 19.3 Å². The SMILES string of the molecule is CN(CCCCCO)S(=O)(=O)c1[nH]ncc1C(=O)O. The molecule has 0 atom stereocenters. The van der Waals surface area contributed by atoms with E-state index in [9.17, 15) is 13.2 Å². The first-order valence-electron chi connectivity index (χ1n) is 5.75. The summed E-state index contributed by atoms with van der Waals surface area (Å²) in [6, 6.07) is 0. The fourth-order valence-electron chi connectivity index (χ4n) is 1.52. The van der Waals surface area contributed by atoms with Gasteiger partial charge < -0.3 is 10.2 Å². The molecule has 0 unspecified atom stereocenters. The van der Waals surface area contributed by atoms with Crippen molar-refractivity contribution >= 4 is 16.0 Å². The average molecular weight is 291 g/mol. The van der Waals surface area contributed by atoms with Crippen LogP contribution in [0.5, 0.6) is 0 Å². The first-order chi connectivity index (χ1) is 8.91. The molecule has 0 aliphatic heterocycles. The third kappa shape index (κ3) is 3.75. The van der Waals surface area contributed by atoms with Gasteiger partial charge in [-0.3, -0.25) is 5.10 Å². The minimum absolute atomic E-state index is 0.0696. The van der Waals surface area contributed by atoms with Crippen molar-refractivity contribution in [2.24, 2.45) is 0 Å². The van der Waals surface area contributed by atoms with Gasteiger partial charge in [0, 0.05) is 20.2 Å². The zero-order chi connectivity index (χ0) is 14.5. The smallest absolute Gasteiger partial charge is 0.340 e. The van der Waals surface area contributed by atoms with Crippen molar-refractivity contribution in [1.82, 2.24) is 14.5 Å². The summed E-state index contributed by atoms with van der Waals surface area (Å²) in [7, 11) is -2.51. The maximum Gasteiger partial charge on any atom is 0.340 e. The van der Waals surface area contributed by atoms with E-state index < -0.39 is 21.0 Å². The Kier molecular flexibility index (Phi) is 5.45. The van der Waals surface area contributed by atoms with Crippen LogP contribution in [0.25, 0.3) is 0 Å². The number of aromatic nitrogens is 2. The third-order valence-electron chi connectivity index (χ3n) is 2.63. The molecule has 1 rings (SSSR count). The molecule has 0 amide bonds. The fraction of sp³-hybridized carbons (Fsp3) is 0.600. The van der Waals surface area contributed by atoms with E-state index in [0.29, 0.717) is 19.3 Å². The van der Waals surface area contributed by atoms with E-state index in [0.717, 1.165) is 10.5 Å². The Hall–Kier alpha value is -1.45. The molecule has 8 nitrogen and oxygen atoms in total. The van der Waals surface area contributed by atoms with Gasteiger partial charge in [-0.15, -0.1) is 0 Å². The van der Waals surface area contributed by atoms with E-state index in [1.54, 1.807) is 0 Å². The van der Waals surface area contributed by atoms with Gasteiger partial charge in [-0.1, -0.05) is 0 Å². The van der Waals surface area contributed by atoms with Gasteiger partial charge >= 0.3 is 5.97 Å². The Balaban J connectivity index is 2.79. The van der Waals surface area contributed by atoms with Crippen LogP contribution in [0.15, 0.2) is 11.2 Å². The monoisotopic (exact) mass is 291 g/mol. The zero-order valence-electron chi connectivity index (χ0n) is 10.5. The zero-order valence-corrected chi connectivity index (χ0v) is 11.4. The number of carbonyl (C=O) groups is 1. The summed E-state index contributed by atoms with van der Waals surface area (Å²) in [6.07, 6.45) is 2.87. The van der Waals surface area contributed by atoms with Gasteiger partial charge in [0.1, 0.15) is 5.56 Å². The van der Waals surface area contributed by atoms with Crippen LogP contribution in [-0.4, -0.2) is 59.3 Å². The number of carboxylic acid groups (broad SMARTS) is 1. The summed E-state index contributed by atoms with van der Waals surface area (Å²) in [4.78, 5) is 10.9. The molecule has 0 saturated carbocycles. The van der Waals surface area contributed by atoms with E-state index >= 15 is 0 Å². The van der Waals surface area contributed by atoms with E-state index in [2.05, 4.69) is 10.2 Å². The van der Waals surface area contributed by atoms with E-state index in [1.165, 1.54) is 7.05 Å². The number of aliphatic hydroxyl groups is 1. The summed E-state index contributed by atoms with van der Waals surface area (Å²) in [6.45, 7) is 0.320. The first-order valence-corrected chi connectivity index (χ1v) is 7.19. The standard InChI is InChI=1S/C10H17N3O5S/c1-13(5-3-2-4-6-14)19(17,18)9-8(10(15)16)7-11-12-9/h7,14H,2-6H2,1H3,(H,11,12)(H,15,16). The molecule has 0 aromatic carbocycles. The van der Waals surface area contributed by atoms with Crippen molar-refractivity contribution < 1.29 is 23.4 Å². The Bertz CT molecular complexity index is 525. The molecule has 0 saturated heterocycles. The summed E-state index contributed by atoms with van der Waals surface area (Å²) >= 11 is 0. The minimum atomic E-state index is -3.89. The predicted octanol–water partition coefficient (Wildman–Crippen LogP) is -0.109. The lowest BCUT2D eigenvalue weighted by Crippen LogP contribution is -2.29. The predicted molar refractivity (Wildman–Crippen MR) is 66.3 cm³/mol. The van der Waals surface area contributed by atoms with Crippen molar-refractivity contribution in [2.75, 3.05) is 20.2 Å². The molecule has 108 valence electrons. The Labute approximate surface area is 111 Å². The first kappa shape index (κ1) is 15.6. The maximum absolute atomic E-state index is 12.1. The number of aromatic amines is 1. The Morgan fingerprint density at radius 3 is 2.68 bits per heavy atom. The van der Waals surface area contributed by atoms with Crippen LogP contribution in [0.4, 0.5) is 0 Å². The largest absolute Gasteiger partial charge is 0.478 e. The molecule has 0 aliphatic carbocycles. The van der Waals surface area contributed by atoms with Gasteiger partial charge in [0.05, 0.1) is 6.20 Å². The number of aliphatic hydroxyl groups excluding tert-OH is 1. The van der Waals surface area contributed by atoms with Gasteiger partial charge in [-0.25, -0.2) is 13.2 Å². The number of rotatable bonds is 8. The second-order valence-electron chi connectivity index (χ2n) is 4.03. The molecule has 1 heterocycles. The van der Waals surface area contributed by atoms with Gasteiger partial charge in [0.15, 0.2) is 5.03 Å². The highest BCUT2D eigenvalue weighted by Crippen LogP contribution is 2.16. The quantitative estimate of drug-likeness (QED) is 0.574. The Morgan fingerprint density at radius 1 is 1.42 bits per heavy atom. The number of nitrogens with zero attached hydrogens (tertiary/aromatic N) is 2. The number of unbranched alkanes of at least 4 members (excludes halogenated alkanes) is 2. The lowest BCUT2D eigenvalue weighted by atomic mass is 10.2. The van der Waals surface area contributed by atoms with E-state index in [1.807, 2.05) is 0 Å². The number of hydrogen-bond donors (Lipinski definition) is 3.